The minimum absolute atomic E-state index is 0.101. The van der Waals surface area contributed by atoms with Crippen molar-refractivity contribution in [2.24, 2.45) is 10.2 Å². The molecule has 1 amide bonds. The molecule has 1 atom stereocenters. The van der Waals surface area contributed by atoms with Gasteiger partial charge in [0.15, 0.2) is 5.69 Å². The van der Waals surface area contributed by atoms with Crippen LogP contribution in [-0.2, 0) is 14.8 Å². The van der Waals surface area contributed by atoms with Crippen molar-refractivity contribution in [3.63, 3.8) is 0 Å². The Bertz CT molecular complexity index is 1450. The first-order valence-electron chi connectivity index (χ1n) is 10.3. The number of amides is 1. The largest absolute Gasteiger partial charge is 0.493 e. The third kappa shape index (κ3) is 4.91. The molecule has 0 saturated heterocycles. The third-order valence-electron chi connectivity index (χ3n) is 5.04. The number of anilines is 1. The molecule has 4 rings (SSSR count). The van der Waals surface area contributed by atoms with Crippen molar-refractivity contribution in [3.8, 4) is 17.4 Å². The van der Waals surface area contributed by atoms with Gasteiger partial charge in [-0.25, -0.2) is 8.42 Å². The summed E-state index contributed by atoms with van der Waals surface area (Å²) in [6, 6.07) is 21.3. The van der Waals surface area contributed by atoms with Crippen LogP contribution in [0.15, 0.2) is 89.1 Å². The highest BCUT2D eigenvalue weighted by molar-refractivity contribution is 7.92. The Morgan fingerprint density at radius 2 is 1.59 bits per heavy atom. The standard InChI is InChI=1S/C24H22N4O5S/c1-16(23(29)27-26-22-20-10-6-7-11-21(20)25-24(22)30)28(34(2,31)32)17-12-14-19(15-13-17)33-18-8-4-3-5-9-18/h3-16,25,30H,1-2H3. The molecule has 9 nitrogen and oxygen atoms in total. The zero-order valence-corrected chi connectivity index (χ0v) is 19.2. The molecule has 0 aliphatic heterocycles. The molecule has 0 aliphatic rings. The molecule has 1 unspecified atom stereocenters. The zero-order valence-electron chi connectivity index (χ0n) is 18.4. The van der Waals surface area contributed by atoms with Gasteiger partial charge in [-0.05, 0) is 49.4 Å². The molecule has 0 fully saturated rings. The first-order chi connectivity index (χ1) is 16.2. The number of nitrogens with zero attached hydrogens (tertiary/aromatic N) is 3. The van der Waals surface area contributed by atoms with E-state index in [1.165, 1.54) is 6.92 Å². The van der Waals surface area contributed by atoms with Crippen molar-refractivity contribution in [2.75, 3.05) is 10.6 Å². The van der Waals surface area contributed by atoms with Crippen LogP contribution in [0.5, 0.6) is 17.4 Å². The number of aromatic amines is 1. The number of rotatable bonds is 7. The average Bonchev–Trinajstić information content (AvgIpc) is 3.13. The first-order valence-corrected chi connectivity index (χ1v) is 12.2. The number of carbonyl (C=O) groups excluding carboxylic acids is 1. The van der Waals surface area contributed by atoms with Gasteiger partial charge in [-0.15, -0.1) is 10.2 Å². The second-order valence-electron chi connectivity index (χ2n) is 7.55. The molecule has 10 heteroatoms. The number of carbonyl (C=O) groups is 1. The van der Waals surface area contributed by atoms with E-state index in [0.29, 0.717) is 22.4 Å². The average molecular weight is 479 g/mol. The summed E-state index contributed by atoms with van der Waals surface area (Å²) in [5, 5.41) is 18.2. The summed E-state index contributed by atoms with van der Waals surface area (Å²) in [5.41, 5.74) is 1.00. The summed E-state index contributed by atoms with van der Waals surface area (Å²) in [4.78, 5) is 15.5. The molecule has 1 heterocycles. The highest BCUT2D eigenvalue weighted by Crippen LogP contribution is 2.35. The molecule has 34 heavy (non-hydrogen) atoms. The van der Waals surface area contributed by atoms with Gasteiger partial charge >= 0.3 is 0 Å². The molecule has 0 aliphatic carbocycles. The van der Waals surface area contributed by atoms with E-state index in [1.807, 2.05) is 18.2 Å². The van der Waals surface area contributed by atoms with Crippen LogP contribution in [0, 0.1) is 0 Å². The van der Waals surface area contributed by atoms with Gasteiger partial charge in [-0.2, -0.15) is 0 Å². The summed E-state index contributed by atoms with van der Waals surface area (Å²) in [6.45, 7) is 1.42. The zero-order chi connectivity index (χ0) is 24.3. The summed E-state index contributed by atoms with van der Waals surface area (Å²) in [7, 11) is -3.83. The van der Waals surface area contributed by atoms with Crippen LogP contribution >= 0.6 is 0 Å². The summed E-state index contributed by atoms with van der Waals surface area (Å²) >= 11 is 0. The number of fused-ring (bicyclic) bond motifs is 1. The molecule has 0 radical (unpaired) electrons. The Morgan fingerprint density at radius 3 is 2.26 bits per heavy atom. The predicted octanol–water partition coefficient (Wildman–Crippen LogP) is 5.13. The fraction of sp³-hybridized carbons (Fsp3) is 0.125. The van der Waals surface area contributed by atoms with Crippen LogP contribution in [0.1, 0.15) is 6.92 Å². The van der Waals surface area contributed by atoms with Gasteiger partial charge in [-0.3, -0.25) is 9.10 Å². The minimum atomic E-state index is -3.83. The Balaban J connectivity index is 1.57. The number of H-pyrrole nitrogens is 1. The predicted molar refractivity (Wildman–Crippen MR) is 129 cm³/mol. The van der Waals surface area contributed by atoms with Crippen LogP contribution in [0.25, 0.3) is 10.9 Å². The third-order valence-corrected chi connectivity index (χ3v) is 6.29. The van der Waals surface area contributed by atoms with Gasteiger partial charge in [0.1, 0.15) is 17.5 Å². The number of hydrogen-bond donors (Lipinski definition) is 2. The number of azo groups is 1. The lowest BCUT2D eigenvalue weighted by Crippen LogP contribution is -2.42. The van der Waals surface area contributed by atoms with Crippen LogP contribution in [0.3, 0.4) is 0 Å². The van der Waals surface area contributed by atoms with Gasteiger partial charge < -0.3 is 14.8 Å². The quantitative estimate of drug-likeness (QED) is 0.356. The van der Waals surface area contributed by atoms with E-state index in [-0.39, 0.29) is 17.3 Å². The monoisotopic (exact) mass is 478 g/mol. The van der Waals surface area contributed by atoms with Crippen molar-refractivity contribution < 1.29 is 23.1 Å². The number of nitrogens with one attached hydrogen (secondary N) is 1. The topological polar surface area (TPSA) is 124 Å². The van der Waals surface area contributed by atoms with Crippen LogP contribution in [0.4, 0.5) is 11.4 Å². The van der Waals surface area contributed by atoms with Gasteiger partial charge in [0.05, 0.1) is 17.5 Å². The smallest absolute Gasteiger partial charge is 0.287 e. The van der Waals surface area contributed by atoms with Crippen molar-refractivity contribution in [2.45, 2.75) is 13.0 Å². The number of aromatic hydroxyl groups is 1. The van der Waals surface area contributed by atoms with Gasteiger partial charge in [0.25, 0.3) is 5.91 Å². The maximum atomic E-state index is 12.8. The second-order valence-corrected chi connectivity index (χ2v) is 9.41. The highest BCUT2D eigenvalue weighted by Gasteiger charge is 2.29. The van der Waals surface area contributed by atoms with E-state index >= 15 is 0 Å². The fourth-order valence-corrected chi connectivity index (χ4v) is 4.65. The van der Waals surface area contributed by atoms with E-state index in [0.717, 1.165) is 10.6 Å². The van der Waals surface area contributed by atoms with E-state index < -0.39 is 22.0 Å². The molecule has 174 valence electrons. The lowest BCUT2D eigenvalue weighted by molar-refractivity contribution is -0.119. The molecule has 1 aromatic heterocycles. The normalized spacial score (nSPS) is 12.6. The number of ether oxygens (including phenoxy) is 1. The van der Waals surface area contributed by atoms with Gasteiger partial charge in [0.2, 0.25) is 15.9 Å². The number of sulfonamides is 1. The number of hydrogen-bond acceptors (Lipinski definition) is 6. The van der Waals surface area contributed by atoms with E-state index in [9.17, 15) is 18.3 Å². The van der Waals surface area contributed by atoms with Crippen molar-refractivity contribution in [3.05, 3.63) is 78.9 Å². The number of aromatic nitrogens is 1. The Kier molecular flexibility index (Phi) is 6.33. The Labute approximate surface area is 196 Å². The van der Waals surface area contributed by atoms with Crippen molar-refractivity contribution >= 4 is 38.2 Å². The molecule has 4 aromatic rings. The molecule has 2 N–H and O–H groups in total. The maximum Gasteiger partial charge on any atom is 0.287 e. The van der Waals surface area contributed by atoms with E-state index in [1.54, 1.807) is 60.7 Å². The molecule has 3 aromatic carbocycles. The SMILES string of the molecule is CC(C(=O)N=Nc1c(O)[nH]c2ccccc12)N(c1ccc(Oc2ccccc2)cc1)S(C)(=O)=O. The molecular weight excluding hydrogens is 456 g/mol. The summed E-state index contributed by atoms with van der Waals surface area (Å²) in [6.07, 6.45) is 1.01. The Hall–Kier alpha value is -4.18. The second kappa shape index (κ2) is 9.36. The van der Waals surface area contributed by atoms with Crippen molar-refractivity contribution in [1.29, 1.82) is 0 Å². The summed E-state index contributed by atoms with van der Waals surface area (Å²) in [5.74, 6) is 0.121. The minimum Gasteiger partial charge on any atom is -0.493 e. The maximum absolute atomic E-state index is 12.8. The van der Waals surface area contributed by atoms with Gasteiger partial charge in [0, 0.05) is 5.39 Å². The van der Waals surface area contributed by atoms with Crippen LogP contribution in [-0.4, -0.2) is 36.7 Å². The molecular formula is C24H22N4O5S. The Morgan fingerprint density at radius 1 is 0.971 bits per heavy atom. The fourth-order valence-electron chi connectivity index (χ4n) is 3.49. The van der Waals surface area contributed by atoms with E-state index in [2.05, 4.69) is 15.2 Å². The van der Waals surface area contributed by atoms with Crippen LogP contribution in [0.2, 0.25) is 0 Å². The van der Waals surface area contributed by atoms with Crippen LogP contribution < -0.4 is 9.04 Å². The number of para-hydroxylation sites is 2. The summed E-state index contributed by atoms with van der Waals surface area (Å²) < 4.78 is 31.8. The van der Waals surface area contributed by atoms with Crippen molar-refractivity contribution in [1.82, 2.24) is 4.98 Å². The lowest BCUT2D eigenvalue weighted by Gasteiger charge is -2.26. The first kappa shape index (κ1) is 23.0. The lowest BCUT2D eigenvalue weighted by atomic mass is 10.2. The van der Waals surface area contributed by atoms with E-state index in [4.69, 9.17) is 4.74 Å². The molecule has 0 spiro atoms. The van der Waals surface area contributed by atoms with Gasteiger partial charge in [-0.1, -0.05) is 36.4 Å². The molecule has 0 saturated carbocycles. The number of benzene rings is 3. The molecule has 0 bridgehead atoms. The highest BCUT2D eigenvalue weighted by atomic mass is 32.2.